The number of nitrogens with one attached hydrogen (secondary N) is 1. The third-order valence-corrected chi connectivity index (χ3v) is 6.60. The van der Waals surface area contributed by atoms with Gasteiger partial charge in [-0.2, -0.15) is 5.10 Å². The molecule has 1 N–H and O–H groups in total. The zero-order valence-electron chi connectivity index (χ0n) is 19.1. The predicted molar refractivity (Wildman–Crippen MR) is 124 cm³/mol. The minimum absolute atomic E-state index is 0.0246. The van der Waals surface area contributed by atoms with E-state index < -0.39 is 29.5 Å². The Kier molecular flexibility index (Phi) is 5.86. The number of halogens is 4. The molecule has 2 aromatic heterocycles. The predicted octanol–water partition coefficient (Wildman–Crippen LogP) is 5.68. The van der Waals surface area contributed by atoms with Crippen LogP contribution in [0.5, 0.6) is 0 Å². The lowest BCUT2D eigenvalue weighted by molar-refractivity contribution is -0.0609. The molecule has 0 radical (unpaired) electrons. The largest absolute Gasteiger partial charge is 0.343 e. The molecule has 182 valence electrons. The van der Waals surface area contributed by atoms with E-state index in [1.54, 1.807) is 46.9 Å². The average molecular weight is 484 g/mol. The molecule has 2 heterocycles. The van der Waals surface area contributed by atoms with E-state index in [0.717, 1.165) is 5.56 Å². The minimum Gasteiger partial charge on any atom is -0.343 e. The van der Waals surface area contributed by atoms with E-state index >= 15 is 0 Å². The fourth-order valence-electron chi connectivity index (χ4n) is 4.73. The molecule has 9 heteroatoms. The van der Waals surface area contributed by atoms with Crippen molar-refractivity contribution in [3.63, 3.8) is 0 Å². The first kappa shape index (κ1) is 23.1. The van der Waals surface area contributed by atoms with Gasteiger partial charge in [0.05, 0.1) is 29.9 Å². The highest BCUT2D eigenvalue weighted by Crippen LogP contribution is 2.34. The van der Waals surface area contributed by atoms with Crippen molar-refractivity contribution >= 4 is 16.8 Å². The van der Waals surface area contributed by atoms with Gasteiger partial charge in [0.1, 0.15) is 11.6 Å². The molecule has 0 bridgehead atoms. The molecule has 1 amide bonds. The maximum atomic E-state index is 15.0. The topological polar surface area (TPSA) is 51.9 Å². The number of alkyl halides is 2. The maximum absolute atomic E-state index is 15.0. The van der Waals surface area contributed by atoms with Crippen LogP contribution in [0.15, 0.2) is 55.0 Å². The molecular weight excluding hydrogens is 460 g/mol. The monoisotopic (exact) mass is 484 g/mol. The standard InChI is InChI=1S/C26H24F4N4O/c1-33-13-18(12-31-33)16-8-9-17(21(28)11-16)14-34-15-19(24-20(27)5-4-6-22(24)34)25(35)32-23-7-2-3-10-26(23,29)30/h4-6,8-9,11-13,15,23H,2-3,7,10,14H2,1H3,(H,32,35). The van der Waals surface area contributed by atoms with E-state index in [1.807, 2.05) is 0 Å². The van der Waals surface area contributed by atoms with Gasteiger partial charge < -0.3 is 9.88 Å². The summed E-state index contributed by atoms with van der Waals surface area (Å²) in [6.07, 6.45) is 5.67. The van der Waals surface area contributed by atoms with Gasteiger partial charge in [0.15, 0.2) is 0 Å². The molecule has 0 aliphatic heterocycles. The van der Waals surface area contributed by atoms with E-state index in [0.29, 0.717) is 29.5 Å². The van der Waals surface area contributed by atoms with Gasteiger partial charge in [0.25, 0.3) is 11.8 Å². The van der Waals surface area contributed by atoms with Gasteiger partial charge in [-0.05, 0) is 36.6 Å². The molecule has 0 spiro atoms. The summed E-state index contributed by atoms with van der Waals surface area (Å²) in [7, 11) is 1.77. The molecule has 1 saturated carbocycles. The van der Waals surface area contributed by atoms with Crippen molar-refractivity contribution < 1.29 is 22.4 Å². The van der Waals surface area contributed by atoms with Gasteiger partial charge >= 0.3 is 0 Å². The number of fused-ring (bicyclic) bond motifs is 1. The van der Waals surface area contributed by atoms with E-state index in [2.05, 4.69) is 10.4 Å². The summed E-state index contributed by atoms with van der Waals surface area (Å²) >= 11 is 0. The summed E-state index contributed by atoms with van der Waals surface area (Å²) in [5.74, 6) is -4.88. The van der Waals surface area contributed by atoms with Crippen LogP contribution in [-0.4, -0.2) is 32.2 Å². The first-order valence-corrected chi connectivity index (χ1v) is 11.5. The van der Waals surface area contributed by atoms with Crippen molar-refractivity contribution in [1.29, 1.82) is 0 Å². The second-order valence-corrected chi connectivity index (χ2v) is 9.05. The number of carbonyl (C=O) groups excluding carboxylic acids is 1. The van der Waals surface area contributed by atoms with Crippen LogP contribution in [0.3, 0.4) is 0 Å². The highest BCUT2D eigenvalue weighted by Gasteiger charge is 2.42. The molecule has 0 saturated heterocycles. The van der Waals surface area contributed by atoms with Crippen LogP contribution in [0.25, 0.3) is 22.0 Å². The van der Waals surface area contributed by atoms with E-state index in [1.165, 1.54) is 24.4 Å². The van der Waals surface area contributed by atoms with Crippen LogP contribution in [0.1, 0.15) is 41.6 Å². The summed E-state index contributed by atoms with van der Waals surface area (Å²) < 4.78 is 61.5. The van der Waals surface area contributed by atoms with Crippen molar-refractivity contribution in [2.45, 2.75) is 44.2 Å². The zero-order valence-corrected chi connectivity index (χ0v) is 19.1. The van der Waals surface area contributed by atoms with Crippen LogP contribution in [-0.2, 0) is 13.6 Å². The summed E-state index contributed by atoms with van der Waals surface area (Å²) in [6, 6.07) is 7.82. The van der Waals surface area contributed by atoms with E-state index in [4.69, 9.17) is 0 Å². The van der Waals surface area contributed by atoms with Crippen LogP contribution < -0.4 is 5.32 Å². The second kappa shape index (κ2) is 8.87. The molecule has 1 aliphatic carbocycles. The number of aryl methyl sites for hydroxylation is 1. The molecule has 5 nitrogen and oxygen atoms in total. The highest BCUT2D eigenvalue weighted by molar-refractivity contribution is 6.07. The average Bonchev–Trinajstić information content (AvgIpc) is 3.41. The SMILES string of the molecule is Cn1cc(-c2ccc(Cn3cc(C(=O)NC4CCCCC4(F)F)c4c(F)cccc43)c(F)c2)cn1. The summed E-state index contributed by atoms with van der Waals surface area (Å²) in [6.45, 7) is 0.0337. The van der Waals surface area contributed by atoms with Crippen molar-refractivity contribution in [2.75, 3.05) is 0 Å². The van der Waals surface area contributed by atoms with Gasteiger partial charge in [-0.15, -0.1) is 0 Å². The van der Waals surface area contributed by atoms with Crippen LogP contribution in [0.4, 0.5) is 17.6 Å². The molecule has 1 aliphatic rings. The Morgan fingerprint density at radius 2 is 1.94 bits per heavy atom. The number of benzene rings is 2. The van der Waals surface area contributed by atoms with Crippen molar-refractivity contribution in [2.24, 2.45) is 7.05 Å². The van der Waals surface area contributed by atoms with Gasteiger partial charge in [-0.25, -0.2) is 17.6 Å². The number of carbonyl (C=O) groups is 1. The summed E-state index contributed by atoms with van der Waals surface area (Å²) in [4.78, 5) is 13.0. The Hall–Kier alpha value is -3.62. The molecule has 1 unspecified atom stereocenters. The molecule has 5 rings (SSSR count). The van der Waals surface area contributed by atoms with Crippen molar-refractivity contribution in [3.05, 3.63) is 77.8 Å². The molecule has 1 atom stereocenters. The quantitative estimate of drug-likeness (QED) is 0.371. The fraction of sp³-hybridized carbons (Fsp3) is 0.308. The van der Waals surface area contributed by atoms with Crippen molar-refractivity contribution in [1.82, 2.24) is 19.7 Å². The highest BCUT2D eigenvalue weighted by atomic mass is 19.3. The number of aromatic nitrogens is 3. The Balaban J connectivity index is 1.47. The van der Waals surface area contributed by atoms with Crippen LogP contribution in [0.2, 0.25) is 0 Å². The maximum Gasteiger partial charge on any atom is 0.267 e. The zero-order chi connectivity index (χ0) is 24.7. The van der Waals surface area contributed by atoms with Gasteiger partial charge in [-0.3, -0.25) is 9.48 Å². The van der Waals surface area contributed by atoms with Crippen LogP contribution in [0, 0.1) is 11.6 Å². The third-order valence-electron chi connectivity index (χ3n) is 6.60. The smallest absolute Gasteiger partial charge is 0.267 e. The second-order valence-electron chi connectivity index (χ2n) is 9.05. The Labute approximate surface area is 199 Å². The van der Waals surface area contributed by atoms with Gasteiger partial charge in [0.2, 0.25) is 0 Å². The number of nitrogens with zero attached hydrogens (tertiary/aromatic N) is 3. The lowest BCUT2D eigenvalue weighted by atomic mass is 9.91. The number of amides is 1. The van der Waals surface area contributed by atoms with Crippen molar-refractivity contribution in [3.8, 4) is 11.1 Å². The molecule has 35 heavy (non-hydrogen) atoms. The lowest BCUT2D eigenvalue weighted by Crippen LogP contribution is -2.49. The Morgan fingerprint density at radius 3 is 2.66 bits per heavy atom. The van der Waals surface area contributed by atoms with E-state index in [9.17, 15) is 22.4 Å². The van der Waals surface area contributed by atoms with Gasteiger partial charge in [-0.1, -0.05) is 24.6 Å². The van der Waals surface area contributed by atoms with E-state index in [-0.39, 0.29) is 30.3 Å². The number of rotatable bonds is 5. The molecule has 4 aromatic rings. The van der Waals surface area contributed by atoms with Crippen LogP contribution >= 0.6 is 0 Å². The lowest BCUT2D eigenvalue weighted by Gasteiger charge is -2.31. The summed E-state index contributed by atoms with van der Waals surface area (Å²) in [5, 5.41) is 6.53. The summed E-state index contributed by atoms with van der Waals surface area (Å²) in [5.41, 5.74) is 2.10. The fourth-order valence-corrected chi connectivity index (χ4v) is 4.73. The first-order chi connectivity index (χ1) is 16.7. The first-order valence-electron chi connectivity index (χ1n) is 11.5. The molecule has 2 aromatic carbocycles. The molecular formula is C26H24F4N4O. The Morgan fingerprint density at radius 1 is 1.11 bits per heavy atom. The van der Waals surface area contributed by atoms with Gasteiger partial charge in [0, 0.05) is 42.4 Å². The molecule has 1 fully saturated rings. The number of hydrogen-bond donors (Lipinski definition) is 1. The minimum atomic E-state index is -3.01. The number of hydrogen-bond acceptors (Lipinski definition) is 2. The Bertz CT molecular complexity index is 1410. The normalized spacial score (nSPS) is 17.6. The third kappa shape index (κ3) is 4.42.